The zero-order valence-corrected chi connectivity index (χ0v) is 13.2. The lowest BCUT2D eigenvalue weighted by atomic mass is 9.85. The van der Waals surface area contributed by atoms with Crippen molar-refractivity contribution < 1.29 is 8.42 Å². The summed E-state index contributed by atoms with van der Waals surface area (Å²) in [5, 5.41) is 0.266. The summed E-state index contributed by atoms with van der Waals surface area (Å²) in [6.45, 7) is 2.19. The van der Waals surface area contributed by atoms with E-state index in [9.17, 15) is 8.42 Å². The van der Waals surface area contributed by atoms with Gasteiger partial charge >= 0.3 is 0 Å². The van der Waals surface area contributed by atoms with Gasteiger partial charge in [0.05, 0.1) is 15.6 Å². The van der Waals surface area contributed by atoms with Gasteiger partial charge in [0.2, 0.25) is 10.0 Å². The van der Waals surface area contributed by atoms with Crippen LogP contribution in [0.15, 0.2) is 23.1 Å². The van der Waals surface area contributed by atoms with Crippen LogP contribution in [0.4, 0.5) is 5.69 Å². The predicted molar refractivity (Wildman–Crippen MR) is 82.2 cm³/mol. The molecule has 0 saturated heterocycles. The molecule has 0 heterocycles. The highest BCUT2D eigenvalue weighted by molar-refractivity contribution is 7.89. The van der Waals surface area contributed by atoms with Gasteiger partial charge in [-0.3, -0.25) is 0 Å². The van der Waals surface area contributed by atoms with Crippen molar-refractivity contribution >= 4 is 27.3 Å². The summed E-state index contributed by atoms with van der Waals surface area (Å²) in [7, 11) is -3.51. The average Bonchev–Trinajstić information content (AvgIpc) is 2.42. The summed E-state index contributed by atoms with van der Waals surface area (Å²) in [5.74, 6) is 0.738. The second-order valence-electron chi connectivity index (χ2n) is 5.43. The van der Waals surface area contributed by atoms with Crippen LogP contribution in [0.25, 0.3) is 0 Å². The molecule has 0 bridgehead atoms. The SMILES string of the molecule is CCC1CCC(NS(=O)(=O)c2ccc(N)c(Cl)c2)CC1. The summed E-state index contributed by atoms with van der Waals surface area (Å²) < 4.78 is 27.4. The molecule has 2 rings (SSSR count). The van der Waals surface area contributed by atoms with Crippen molar-refractivity contribution in [2.45, 2.75) is 50.0 Å². The van der Waals surface area contributed by atoms with Crippen LogP contribution in [0.2, 0.25) is 5.02 Å². The summed E-state index contributed by atoms with van der Waals surface area (Å²) in [6.07, 6.45) is 5.16. The molecule has 0 aliphatic heterocycles. The fourth-order valence-electron chi connectivity index (χ4n) is 2.65. The first-order chi connectivity index (χ1) is 9.42. The van der Waals surface area contributed by atoms with Crippen molar-refractivity contribution in [3.8, 4) is 0 Å². The van der Waals surface area contributed by atoms with E-state index in [0.29, 0.717) is 5.69 Å². The van der Waals surface area contributed by atoms with Crippen molar-refractivity contribution in [1.82, 2.24) is 4.72 Å². The Morgan fingerprint density at radius 1 is 1.30 bits per heavy atom. The normalized spacial score (nSPS) is 23.7. The number of nitrogen functional groups attached to an aromatic ring is 1. The van der Waals surface area contributed by atoms with E-state index in [1.807, 2.05) is 0 Å². The molecule has 0 spiro atoms. The van der Waals surface area contributed by atoms with Gasteiger partial charge < -0.3 is 5.73 Å². The third-order valence-electron chi connectivity index (χ3n) is 4.03. The number of nitrogens with two attached hydrogens (primary N) is 1. The Hall–Kier alpha value is -0.780. The van der Waals surface area contributed by atoms with Gasteiger partial charge in [0.25, 0.3) is 0 Å². The number of hydrogen-bond donors (Lipinski definition) is 2. The van der Waals surface area contributed by atoms with Crippen LogP contribution in [-0.4, -0.2) is 14.5 Å². The van der Waals surface area contributed by atoms with Gasteiger partial charge in [-0.15, -0.1) is 0 Å². The van der Waals surface area contributed by atoms with Crippen molar-refractivity contribution in [2.24, 2.45) is 5.92 Å². The maximum atomic E-state index is 12.3. The molecule has 0 aromatic heterocycles. The second kappa shape index (κ2) is 6.33. The number of nitrogens with one attached hydrogen (secondary N) is 1. The topological polar surface area (TPSA) is 72.2 Å². The van der Waals surface area contributed by atoms with Crippen LogP contribution in [0, 0.1) is 5.92 Å². The summed E-state index contributed by atoms with van der Waals surface area (Å²) in [4.78, 5) is 0.175. The number of sulfonamides is 1. The Morgan fingerprint density at radius 3 is 2.50 bits per heavy atom. The maximum Gasteiger partial charge on any atom is 0.240 e. The molecule has 0 unspecified atom stereocenters. The first-order valence-electron chi connectivity index (χ1n) is 6.99. The van der Waals surface area contributed by atoms with E-state index >= 15 is 0 Å². The third kappa shape index (κ3) is 3.65. The Balaban J connectivity index is 2.06. The maximum absolute atomic E-state index is 12.3. The van der Waals surface area contributed by atoms with Gasteiger partial charge in [-0.25, -0.2) is 13.1 Å². The van der Waals surface area contributed by atoms with E-state index in [0.717, 1.165) is 31.6 Å². The van der Waals surface area contributed by atoms with Crippen LogP contribution in [-0.2, 0) is 10.0 Å². The molecule has 0 amide bonds. The smallest absolute Gasteiger partial charge is 0.240 e. The van der Waals surface area contributed by atoms with E-state index < -0.39 is 10.0 Å². The lowest BCUT2D eigenvalue weighted by molar-refractivity contribution is 0.306. The van der Waals surface area contributed by atoms with Crippen molar-refractivity contribution in [3.05, 3.63) is 23.2 Å². The van der Waals surface area contributed by atoms with E-state index in [4.69, 9.17) is 17.3 Å². The Bertz CT molecular complexity index is 567. The standard InChI is InChI=1S/C14H21ClN2O2S/c1-2-10-3-5-11(6-4-10)17-20(18,19)12-7-8-14(16)13(15)9-12/h7-11,17H,2-6,16H2,1H3. The summed E-state index contributed by atoms with van der Waals surface area (Å²) in [6, 6.07) is 4.43. The molecule has 1 aliphatic rings. The van der Waals surface area contributed by atoms with Crippen LogP contribution in [0.1, 0.15) is 39.0 Å². The number of benzene rings is 1. The van der Waals surface area contributed by atoms with Gasteiger partial charge in [-0.05, 0) is 49.8 Å². The molecule has 1 fully saturated rings. The molecule has 1 aliphatic carbocycles. The monoisotopic (exact) mass is 316 g/mol. The molecule has 0 radical (unpaired) electrons. The molecule has 1 saturated carbocycles. The van der Waals surface area contributed by atoms with Crippen molar-refractivity contribution in [3.63, 3.8) is 0 Å². The van der Waals surface area contributed by atoms with Crippen LogP contribution in [0.5, 0.6) is 0 Å². The molecule has 1 aromatic carbocycles. The third-order valence-corrected chi connectivity index (χ3v) is 5.87. The molecular formula is C14H21ClN2O2S. The van der Waals surface area contributed by atoms with Gasteiger partial charge in [0.1, 0.15) is 0 Å². The predicted octanol–water partition coefficient (Wildman–Crippen LogP) is 3.17. The zero-order chi connectivity index (χ0) is 14.8. The fourth-order valence-corrected chi connectivity index (χ4v) is 4.23. The molecule has 3 N–H and O–H groups in total. The lowest BCUT2D eigenvalue weighted by Gasteiger charge is -2.28. The highest BCUT2D eigenvalue weighted by Crippen LogP contribution is 2.28. The minimum absolute atomic E-state index is 0.0270. The molecule has 112 valence electrons. The van der Waals surface area contributed by atoms with E-state index in [1.54, 1.807) is 0 Å². The number of halogens is 1. The Morgan fingerprint density at radius 2 is 1.95 bits per heavy atom. The number of hydrogen-bond acceptors (Lipinski definition) is 3. The molecule has 4 nitrogen and oxygen atoms in total. The van der Waals surface area contributed by atoms with Crippen LogP contribution >= 0.6 is 11.6 Å². The van der Waals surface area contributed by atoms with Crippen LogP contribution < -0.4 is 10.5 Å². The van der Waals surface area contributed by atoms with Gasteiger partial charge in [0.15, 0.2) is 0 Å². The Kier molecular flexibility index (Phi) is 4.94. The molecule has 1 aromatic rings. The first-order valence-corrected chi connectivity index (χ1v) is 8.86. The minimum Gasteiger partial charge on any atom is -0.398 e. The first kappa shape index (κ1) is 15.6. The van der Waals surface area contributed by atoms with Gasteiger partial charge in [0, 0.05) is 6.04 Å². The Labute approximate surface area is 125 Å². The molecule has 0 atom stereocenters. The highest BCUT2D eigenvalue weighted by Gasteiger charge is 2.25. The molecule has 20 heavy (non-hydrogen) atoms. The molecular weight excluding hydrogens is 296 g/mol. The van der Waals surface area contributed by atoms with E-state index in [2.05, 4.69) is 11.6 Å². The summed E-state index contributed by atoms with van der Waals surface area (Å²) >= 11 is 5.88. The number of rotatable bonds is 4. The second-order valence-corrected chi connectivity index (χ2v) is 7.55. The van der Waals surface area contributed by atoms with Crippen LogP contribution in [0.3, 0.4) is 0 Å². The van der Waals surface area contributed by atoms with E-state index in [1.165, 1.54) is 24.6 Å². The van der Waals surface area contributed by atoms with Crippen molar-refractivity contribution in [1.29, 1.82) is 0 Å². The fraction of sp³-hybridized carbons (Fsp3) is 0.571. The van der Waals surface area contributed by atoms with E-state index in [-0.39, 0.29) is 16.0 Å². The molecule has 6 heteroatoms. The van der Waals surface area contributed by atoms with Gasteiger partial charge in [-0.2, -0.15) is 0 Å². The van der Waals surface area contributed by atoms with Crippen molar-refractivity contribution in [2.75, 3.05) is 5.73 Å². The number of anilines is 1. The largest absolute Gasteiger partial charge is 0.398 e. The summed E-state index contributed by atoms with van der Waals surface area (Å²) in [5.41, 5.74) is 5.98. The average molecular weight is 317 g/mol. The highest BCUT2D eigenvalue weighted by atomic mass is 35.5. The van der Waals surface area contributed by atoms with Gasteiger partial charge in [-0.1, -0.05) is 24.9 Å². The quantitative estimate of drug-likeness (QED) is 0.838. The lowest BCUT2D eigenvalue weighted by Crippen LogP contribution is -2.37. The zero-order valence-electron chi connectivity index (χ0n) is 11.6. The minimum atomic E-state index is -3.51.